The van der Waals surface area contributed by atoms with Gasteiger partial charge in [-0.3, -0.25) is 9.59 Å². The zero-order valence-corrected chi connectivity index (χ0v) is 19.1. The number of H-pyrrole nitrogens is 1. The number of aryl methyl sites for hydroxylation is 2. The average Bonchev–Trinajstić information content (AvgIpc) is 3.54. The summed E-state index contributed by atoms with van der Waals surface area (Å²) in [5.41, 5.74) is 3.69. The first-order valence-corrected chi connectivity index (χ1v) is 10.9. The number of aromatic amines is 1. The second kappa shape index (κ2) is 8.26. The van der Waals surface area contributed by atoms with Gasteiger partial charge in [0.2, 0.25) is 0 Å². The van der Waals surface area contributed by atoms with Crippen LogP contribution in [0.3, 0.4) is 0 Å². The highest BCUT2D eigenvalue weighted by atomic mass is 16.5. The molecular weight excluding hydrogens is 432 g/mol. The summed E-state index contributed by atoms with van der Waals surface area (Å²) in [6.45, 7) is 3.85. The number of fused-ring (bicyclic) bond motifs is 1. The van der Waals surface area contributed by atoms with Gasteiger partial charge in [-0.25, -0.2) is 0 Å². The van der Waals surface area contributed by atoms with Gasteiger partial charge < -0.3 is 24.1 Å². The number of carbonyl (C=O) groups excluding carboxylic acids is 2. The molecule has 0 radical (unpaired) electrons. The van der Waals surface area contributed by atoms with Crippen LogP contribution in [-0.4, -0.2) is 33.8 Å². The number of Topliss-reactive ketones (excluding diaryl/α,β-unsaturated/α-hetero) is 1. The number of aliphatic hydroxyl groups is 1. The number of nitrogens with zero attached hydrogens (tertiary/aromatic N) is 1. The predicted octanol–water partition coefficient (Wildman–Crippen LogP) is 5.01. The number of benzene rings is 2. The van der Waals surface area contributed by atoms with Crippen molar-refractivity contribution in [3.8, 4) is 5.75 Å². The van der Waals surface area contributed by atoms with E-state index in [1.165, 1.54) is 18.3 Å². The summed E-state index contributed by atoms with van der Waals surface area (Å²) in [6, 6.07) is 14.0. The summed E-state index contributed by atoms with van der Waals surface area (Å²) in [5.74, 6) is -0.718. The van der Waals surface area contributed by atoms with Gasteiger partial charge in [0.05, 0.1) is 37.1 Å². The molecule has 0 spiro atoms. The molecule has 2 aromatic carbocycles. The van der Waals surface area contributed by atoms with Crippen molar-refractivity contribution in [2.45, 2.75) is 26.4 Å². The molecule has 4 aromatic rings. The fraction of sp³-hybridized carbons (Fsp3) is 0.185. The second-order valence-corrected chi connectivity index (χ2v) is 8.46. The van der Waals surface area contributed by atoms with E-state index in [9.17, 15) is 14.7 Å². The van der Waals surface area contributed by atoms with Gasteiger partial charge in [0.25, 0.3) is 11.7 Å². The molecule has 1 amide bonds. The van der Waals surface area contributed by atoms with E-state index in [4.69, 9.17) is 9.15 Å². The number of aliphatic hydroxyl groups excluding tert-OH is 1. The topological polar surface area (TPSA) is 95.8 Å². The summed E-state index contributed by atoms with van der Waals surface area (Å²) in [6.07, 6.45) is 3.30. The quantitative estimate of drug-likeness (QED) is 0.250. The number of furan rings is 1. The lowest BCUT2D eigenvalue weighted by atomic mass is 9.93. The Hall–Kier alpha value is -4.26. The molecule has 1 fully saturated rings. The predicted molar refractivity (Wildman–Crippen MR) is 127 cm³/mol. The normalized spacial score (nSPS) is 17.6. The molecule has 0 aliphatic carbocycles. The Bertz CT molecular complexity index is 1450. The Morgan fingerprint density at radius 1 is 1.15 bits per heavy atom. The molecule has 0 bridgehead atoms. The van der Waals surface area contributed by atoms with Gasteiger partial charge in [-0.1, -0.05) is 24.3 Å². The van der Waals surface area contributed by atoms with E-state index in [0.29, 0.717) is 22.6 Å². The largest absolute Gasteiger partial charge is 0.507 e. The molecule has 5 rings (SSSR count). The lowest BCUT2D eigenvalue weighted by Crippen LogP contribution is -2.29. The van der Waals surface area contributed by atoms with Crippen LogP contribution in [0, 0.1) is 13.8 Å². The van der Waals surface area contributed by atoms with Crippen LogP contribution in [-0.2, 0) is 16.1 Å². The van der Waals surface area contributed by atoms with Crippen LogP contribution in [0.25, 0.3) is 16.7 Å². The van der Waals surface area contributed by atoms with Gasteiger partial charge in [0.1, 0.15) is 17.3 Å². The molecule has 0 saturated carbocycles. The number of likely N-dealkylation sites (tertiary alicyclic amines) is 1. The van der Waals surface area contributed by atoms with Crippen molar-refractivity contribution in [3.63, 3.8) is 0 Å². The molecule has 1 saturated heterocycles. The highest BCUT2D eigenvalue weighted by molar-refractivity contribution is 6.46. The number of methoxy groups -OCH3 is 1. The maximum atomic E-state index is 13.4. The number of rotatable bonds is 5. The highest BCUT2D eigenvalue weighted by Gasteiger charge is 2.47. The fourth-order valence-electron chi connectivity index (χ4n) is 4.80. The minimum absolute atomic E-state index is 0.0182. The number of amides is 1. The molecular formula is C27H24N2O5. The van der Waals surface area contributed by atoms with Crippen LogP contribution in [0.2, 0.25) is 0 Å². The first-order chi connectivity index (χ1) is 16.4. The number of ether oxygens (including phenoxy) is 1. The van der Waals surface area contributed by atoms with Gasteiger partial charge >= 0.3 is 0 Å². The lowest BCUT2D eigenvalue weighted by Gasteiger charge is -2.24. The maximum absolute atomic E-state index is 13.4. The molecule has 7 heteroatoms. The second-order valence-electron chi connectivity index (χ2n) is 8.46. The molecule has 34 heavy (non-hydrogen) atoms. The third-order valence-corrected chi connectivity index (χ3v) is 6.24. The van der Waals surface area contributed by atoms with E-state index >= 15 is 0 Å². The summed E-state index contributed by atoms with van der Waals surface area (Å²) in [7, 11) is 1.51. The monoisotopic (exact) mass is 456 g/mol. The van der Waals surface area contributed by atoms with Crippen LogP contribution in [0.1, 0.15) is 34.1 Å². The molecule has 7 nitrogen and oxygen atoms in total. The maximum Gasteiger partial charge on any atom is 0.296 e. The number of carbonyl (C=O) groups is 2. The van der Waals surface area contributed by atoms with Gasteiger partial charge in [0.15, 0.2) is 0 Å². The van der Waals surface area contributed by atoms with E-state index < -0.39 is 17.7 Å². The van der Waals surface area contributed by atoms with Crippen molar-refractivity contribution in [2.75, 3.05) is 7.11 Å². The number of para-hydroxylation sites is 1. The van der Waals surface area contributed by atoms with Gasteiger partial charge in [-0.05, 0) is 49.2 Å². The van der Waals surface area contributed by atoms with Crippen molar-refractivity contribution < 1.29 is 23.8 Å². The van der Waals surface area contributed by atoms with Crippen molar-refractivity contribution in [1.82, 2.24) is 9.88 Å². The van der Waals surface area contributed by atoms with Crippen molar-refractivity contribution in [2.24, 2.45) is 0 Å². The molecule has 1 aliphatic heterocycles. The lowest BCUT2D eigenvalue weighted by molar-refractivity contribution is -0.140. The third kappa shape index (κ3) is 3.37. The van der Waals surface area contributed by atoms with Crippen molar-refractivity contribution in [1.29, 1.82) is 0 Å². The molecule has 1 aliphatic rings. The fourth-order valence-corrected chi connectivity index (χ4v) is 4.80. The molecule has 2 aromatic heterocycles. The van der Waals surface area contributed by atoms with Crippen LogP contribution in [0.15, 0.2) is 71.0 Å². The summed E-state index contributed by atoms with van der Waals surface area (Å²) >= 11 is 0. The van der Waals surface area contributed by atoms with Crippen LogP contribution in [0.4, 0.5) is 0 Å². The average molecular weight is 456 g/mol. The van der Waals surface area contributed by atoms with Crippen LogP contribution < -0.4 is 4.74 Å². The van der Waals surface area contributed by atoms with E-state index in [2.05, 4.69) is 4.98 Å². The summed E-state index contributed by atoms with van der Waals surface area (Å²) < 4.78 is 11.0. The van der Waals surface area contributed by atoms with E-state index in [-0.39, 0.29) is 17.9 Å². The van der Waals surface area contributed by atoms with E-state index in [1.54, 1.807) is 24.4 Å². The van der Waals surface area contributed by atoms with Crippen molar-refractivity contribution in [3.05, 3.63) is 94.6 Å². The first-order valence-electron chi connectivity index (χ1n) is 10.9. The molecule has 3 heterocycles. The minimum atomic E-state index is -0.813. The third-order valence-electron chi connectivity index (χ3n) is 6.24. The number of nitrogens with one attached hydrogen (secondary N) is 1. The Morgan fingerprint density at radius 2 is 1.94 bits per heavy atom. The summed E-state index contributed by atoms with van der Waals surface area (Å²) in [5, 5.41) is 12.4. The first kappa shape index (κ1) is 21.6. The van der Waals surface area contributed by atoms with Gasteiger partial charge in [-0.2, -0.15) is 0 Å². The van der Waals surface area contributed by atoms with Crippen LogP contribution in [0.5, 0.6) is 5.75 Å². The Kier molecular flexibility index (Phi) is 5.24. The SMILES string of the molecule is COc1c(C)cc(C)cc1/C(O)=C1\C(=O)C(=O)N(Cc2ccco2)C1c1c[nH]c2ccccc12. The zero-order valence-electron chi connectivity index (χ0n) is 19.1. The van der Waals surface area contributed by atoms with Crippen LogP contribution >= 0.6 is 0 Å². The number of hydrogen-bond donors (Lipinski definition) is 2. The smallest absolute Gasteiger partial charge is 0.296 e. The summed E-state index contributed by atoms with van der Waals surface area (Å²) in [4.78, 5) is 31.3. The highest BCUT2D eigenvalue weighted by Crippen LogP contribution is 2.44. The minimum Gasteiger partial charge on any atom is -0.507 e. The van der Waals surface area contributed by atoms with E-state index in [0.717, 1.165) is 22.0 Å². The van der Waals surface area contributed by atoms with Gasteiger partial charge in [-0.15, -0.1) is 0 Å². The van der Waals surface area contributed by atoms with E-state index in [1.807, 2.05) is 44.2 Å². The molecule has 172 valence electrons. The Labute approximate surface area is 196 Å². The number of ketones is 1. The Morgan fingerprint density at radius 3 is 2.68 bits per heavy atom. The molecule has 2 N–H and O–H groups in total. The number of aromatic nitrogens is 1. The molecule has 1 atom stereocenters. The molecule has 1 unspecified atom stereocenters. The van der Waals surface area contributed by atoms with Gasteiger partial charge in [0, 0.05) is 22.7 Å². The standard InChI is InChI=1S/C27H24N2O5/c1-15-11-16(2)26(33-3)19(12-15)24(30)22-23(20-13-28-21-9-5-4-8-18(20)21)29(27(32)25(22)31)14-17-7-6-10-34-17/h4-13,23,28,30H,14H2,1-3H3/b24-22+. The zero-order chi connectivity index (χ0) is 24.0. The Balaban J connectivity index is 1.76. The van der Waals surface area contributed by atoms with Crippen molar-refractivity contribution >= 4 is 28.4 Å². The number of hydrogen-bond acceptors (Lipinski definition) is 5.